The minimum absolute atomic E-state index is 0.0345. The van der Waals surface area contributed by atoms with Crippen LogP contribution >= 0.6 is 0 Å². The normalized spacial score (nSPS) is 17.5. The molecule has 0 spiro atoms. The summed E-state index contributed by atoms with van der Waals surface area (Å²) in [6.07, 6.45) is 0. The zero-order chi connectivity index (χ0) is 22.8. The summed E-state index contributed by atoms with van der Waals surface area (Å²) in [6.45, 7) is 1.77. The SMILES string of the molecule is COc1ccc(/C(O)=C2/C(=O)C(=O)N(c3ccc(C)nn3)C2c2ccc(OC)cc2)cc1. The van der Waals surface area contributed by atoms with Crippen LogP contribution in [-0.4, -0.2) is 41.2 Å². The summed E-state index contributed by atoms with van der Waals surface area (Å²) in [6, 6.07) is 16.0. The van der Waals surface area contributed by atoms with E-state index >= 15 is 0 Å². The molecule has 4 rings (SSSR count). The van der Waals surface area contributed by atoms with Gasteiger partial charge in [-0.25, -0.2) is 0 Å². The first-order valence-electron chi connectivity index (χ1n) is 9.84. The average Bonchev–Trinajstić information content (AvgIpc) is 3.09. The predicted molar refractivity (Wildman–Crippen MR) is 118 cm³/mol. The van der Waals surface area contributed by atoms with Crippen LogP contribution < -0.4 is 14.4 Å². The van der Waals surface area contributed by atoms with Gasteiger partial charge in [-0.2, -0.15) is 5.10 Å². The summed E-state index contributed by atoms with van der Waals surface area (Å²) < 4.78 is 10.4. The van der Waals surface area contributed by atoms with Crippen molar-refractivity contribution in [2.75, 3.05) is 19.1 Å². The number of nitrogens with zero attached hydrogens (tertiary/aromatic N) is 3. The molecule has 8 heteroatoms. The average molecular weight is 431 g/mol. The lowest BCUT2D eigenvalue weighted by Gasteiger charge is -2.24. The van der Waals surface area contributed by atoms with Crippen molar-refractivity contribution in [3.05, 3.63) is 83.1 Å². The van der Waals surface area contributed by atoms with Crippen LogP contribution in [0.2, 0.25) is 0 Å². The summed E-state index contributed by atoms with van der Waals surface area (Å²) in [4.78, 5) is 27.4. The highest BCUT2D eigenvalue weighted by Gasteiger charge is 2.47. The molecule has 0 aliphatic carbocycles. The second-order valence-corrected chi connectivity index (χ2v) is 7.20. The van der Waals surface area contributed by atoms with Crippen molar-refractivity contribution in [1.82, 2.24) is 10.2 Å². The number of hydrogen-bond acceptors (Lipinski definition) is 7. The largest absolute Gasteiger partial charge is 0.507 e. The van der Waals surface area contributed by atoms with Crippen LogP contribution in [0.3, 0.4) is 0 Å². The molecule has 8 nitrogen and oxygen atoms in total. The number of aliphatic hydroxyl groups is 1. The Bertz CT molecular complexity index is 1190. The van der Waals surface area contributed by atoms with Gasteiger partial charge in [0.25, 0.3) is 5.78 Å². The Labute approximate surface area is 184 Å². The van der Waals surface area contributed by atoms with Gasteiger partial charge >= 0.3 is 5.91 Å². The van der Waals surface area contributed by atoms with E-state index in [1.165, 1.54) is 12.0 Å². The van der Waals surface area contributed by atoms with Crippen molar-refractivity contribution in [3.63, 3.8) is 0 Å². The molecular formula is C24H21N3O5. The highest BCUT2D eigenvalue weighted by molar-refractivity contribution is 6.51. The van der Waals surface area contributed by atoms with Gasteiger partial charge in [-0.3, -0.25) is 14.5 Å². The maximum Gasteiger partial charge on any atom is 0.301 e. The van der Waals surface area contributed by atoms with E-state index in [2.05, 4.69) is 10.2 Å². The molecule has 3 aromatic rings. The third-order valence-electron chi connectivity index (χ3n) is 5.27. The van der Waals surface area contributed by atoms with E-state index in [9.17, 15) is 14.7 Å². The van der Waals surface area contributed by atoms with Gasteiger partial charge in [0, 0.05) is 5.56 Å². The Morgan fingerprint density at radius 3 is 2.00 bits per heavy atom. The molecule has 0 saturated carbocycles. The molecule has 1 N–H and O–H groups in total. The van der Waals surface area contributed by atoms with Crippen LogP contribution in [-0.2, 0) is 9.59 Å². The van der Waals surface area contributed by atoms with Gasteiger partial charge in [0.05, 0.1) is 31.5 Å². The van der Waals surface area contributed by atoms with Crippen LogP contribution in [0.1, 0.15) is 22.9 Å². The minimum Gasteiger partial charge on any atom is -0.507 e. The Hall–Kier alpha value is -4.20. The number of rotatable bonds is 5. The lowest BCUT2D eigenvalue weighted by molar-refractivity contribution is -0.132. The molecule has 0 radical (unpaired) electrons. The van der Waals surface area contributed by atoms with Crippen LogP contribution in [0.5, 0.6) is 11.5 Å². The Balaban J connectivity index is 1.90. The summed E-state index contributed by atoms with van der Waals surface area (Å²) in [7, 11) is 3.08. The van der Waals surface area contributed by atoms with Crippen LogP contribution in [0, 0.1) is 6.92 Å². The molecule has 1 amide bonds. The predicted octanol–water partition coefficient (Wildman–Crippen LogP) is 3.43. The van der Waals surface area contributed by atoms with Crippen LogP contribution in [0.25, 0.3) is 5.76 Å². The number of aryl methyl sites for hydroxylation is 1. The van der Waals surface area contributed by atoms with Crippen molar-refractivity contribution in [3.8, 4) is 11.5 Å². The van der Waals surface area contributed by atoms with Gasteiger partial charge in [0.1, 0.15) is 17.3 Å². The molecule has 2 heterocycles. The highest BCUT2D eigenvalue weighted by Crippen LogP contribution is 2.41. The molecule has 1 atom stereocenters. The first-order valence-corrected chi connectivity index (χ1v) is 9.84. The number of anilines is 1. The maximum atomic E-state index is 13.1. The fraction of sp³-hybridized carbons (Fsp3) is 0.167. The molecular weight excluding hydrogens is 410 g/mol. The lowest BCUT2D eigenvalue weighted by atomic mass is 9.95. The minimum atomic E-state index is -0.889. The summed E-state index contributed by atoms with van der Waals surface area (Å²) >= 11 is 0. The zero-order valence-corrected chi connectivity index (χ0v) is 17.8. The molecule has 1 aliphatic heterocycles. The topological polar surface area (TPSA) is 102 Å². The lowest BCUT2D eigenvalue weighted by Crippen LogP contribution is -2.30. The van der Waals surface area contributed by atoms with E-state index in [0.29, 0.717) is 28.3 Å². The molecule has 162 valence electrons. The first kappa shape index (κ1) is 21.0. The third kappa shape index (κ3) is 3.66. The fourth-order valence-electron chi connectivity index (χ4n) is 3.60. The Morgan fingerprint density at radius 1 is 0.875 bits per heavy atom. The molecule has 1 fully saturated rings. The zero-order valence-electron chi connectivity index (χ0n) is 17.8. The summed E-state index contributed by atoms with van der Waals surface area (Å²) in [5.41, 5.74) is 1.64. The quantitative estimate of drug-likeness (QED) is 0.375. The molecule has 1 aromatic heterocycles. The second-order valence-electron chi connectivity index (χ2n) is 7.20. The molecule has 1 saturated heterocycles. The van der Waals surface area contributed by atoms with Crippen molar-refractivity contribution in [2.45, 2.75) is 13.0 Å². The number of carbonyl (C=O) groups is 2. The van der Waals surface area contributed by atoms with E-state index in [1.807, 2.05) is 0 Å². The molecule has 2 aromatic carbocycles. The second kappa shape index (κ2) is 8.50. The highest BCUT2D eigenvalue weighted by atomic mass is 16.5. The van der Waals surface area contributed by atoms with Gasteiger partial charge < -0.3 is 14.6 Å². The number of methoxy groups -OCH3 is 2. The number of aliphatic hydroxyl groups excluding tert-OH is 1. The smallest absolute Gasteiger partial charge is 0.301 e. The van der Waals surface area contributed by atoms with Crippen molar-refractivity contribution in [1.29, 1.82) is 0 Å². The molecule has 0 bridgehead atoms. The van der Waals surface area contributed by atoms with Crippen molar-refractivity contribution < 1.29 is 24.2 Å². The number of Topliss-reactive ketones (excluding diaryl/α,β-unsaturated/α-hetero) is 1. The third-order valence-corrected chi connectivity index (χ3v) is 5.27. The van der Waals surface area contributed by atoms with Crippen LogP contribution in [0.4, 0.5) is 5.82 Å². The van der Waals surface area contributed by atoms with E-state index in [0.717, 1.165) is 0 Å². The number of hydrogen-bond donors (Lipinski definition) is 1. The number of aromatic nitrogens is 2. The Kier molecular flexibility index (Phi) is 5.59. The number of benzene rings is 2. The van der Waals surface area contributed by atoms with E-state index in [1.54, 1.807) is 74.7 Å². The van der Waals surface area contributed by atoms with Gasteiger partial charge in [0.2, 0.25) is 0 Å². The van der Waals surface area contributed by atoms with E-state index in [-0.39, 0.29) is 17.2 Å². The van der Waals surface area contributed by atoms with Gasteiger partial charge in [-0.05, 0) is 61.0 Å². The van der Waals surface area contributed by atoms with E-state index in [4.69, 9.17) is 9.47 Å². The van der Waals surface area contributed by atoms with Crippen molar-refractivity contribution in [2.24, 2.45) is 0 Å². The number of ether oxygens (including phenoxy) is 2. The Morgan fingerprint density at radius 2 is 1.47 bits per heavy atom. The number of carbonyl (C=O) groups excluding carboxylic acids is 2. The van der Waals surface area contributed by atoms with Gasteiger partial charge in [-0.1, -0.05) is 12.1 Å². The van der Waals surface area contributed by atoms with E-state index < -0.39 is 17.7 Å². The number of amides is 1. The maximum absolute atomic E-state index is 13.1. The fourth-order valence-corrected chi connectivity index (χ4v) is 3.60. The van der Waals surface area contributed by atoms with Gasteiger partial charge in [-0.15, -0.1) is 5.10 Å². The summed E-state index contributed by atoms with van der Waals surface area (Å²) in [5, 5.41) is 19.2. The molecule has 1 aliphatic rings. The molecule has 1 unspecified atom stereocenters. The monoisotopic (exact) mass is 431 g/mol. The van der Waals surface area contributed by atoms with Crippen molar-refractivity contribution >= 4 is 23.3 Å². The summed E-state index contributed by atoms with van der Waals surface area (Å²) in [5.74, 6) is -0.443. The first-order chi connectivity index (χ1) is 15.4. The number of ketones is 1. The van der Waals surface area contributed by atoms with Crippen LogP contribution in [0.15, 0.2) is 66.2 Å². The van der Waals surface area contributed by atoms with Gasteiger partial charge in [0.15, 0.2) is 5.82 Å². The molecule has 32 heavy (non-hydrogen) atoms. The standard InChI is InChI=1S/C24H21N3O5/c1-14-4-13-19(26-25-14)27-21(15-5-9-17(31-2)10-6-15)20(23(29)24(27)30)22(28)16-7-11-18(32-3)12-8-16/h4-13,21,28H,1-3H3/b22-20-.